The molecule has 2 rings (SSSR count). The number of aromatic nitrogens is 3. The fourth-order valence-corrected chi connectivity index (χ4v) is 1.47. The van der Waals surface area contributed by atoms with Gasteiger partial charge in [-0.2, -0.15) is 15.0 Å². The highest BCUT2D eigenvalue weighted by Gasteiger charge is 2.02. The standard InChI is InChI=1S/C12H16N4O/c1-10(17)7-13-8-11-9-14-16(15-11)12-5-3-2-4-6-12/h2-6,9-10,13,17H,7-8H2,1H3. The zero-order valence-corrected chi connectivity index (χ0v) is 9.74. The summed E-state index contributed by atoms with van der Waals surface area (Å²) >= 11 is 0. The van der Waals surface area contributed by atoms with Gasteiger partial charge in [-0.25, -0.2) is 0 Å². The average Bonchev–Trinajstić information content (AvgIpc) is 2.78. The molecule has 0 aliphatic carbocycles. The van der Waals surface area contributed by atoms with Crippen molar-refractivity contribution in [1.29, 1.82) is 0 Å². The van der Waals surface area contributed by atoms with Crippen LogP contribution in [0.4, 0.5) is 0 Å². The van der Waals surface area contributed by atoms with Gasteiger partial charge < -0.3 is 10.4 Å². The lowest BCUT2D eigenvalue weighted by Gasteiger charge is -2.03. The summed E-state index contributed by atoms with van der Waals surface area (Å²) in [6.45, 7) is 2.91. The third-order valence-electron chi connectivity index (χ3n) is 2.27. The molecule has 0 fully saturated rings. The molecule has 17 heavy (non-hydrogen) atoms. The van der Waals surface area contributed by atoms with Crippen molar-refractivity contribution >= 4 is 0 Å². The van der Waals surface area contributed by atoms with E-state index in [1.807, 2.05) is 30.3 Å². The molecule has 1 unspecified atom stereocenters. The van der Waals surface area contributed by atoms with Gasteiger partial charge in [0.25, 0.3) is 0 Å². The third-order valence-corrected chi connectivity index (χ3v) is 2.27. The van der Waals surface area contributed by atoms with E-state index in [0.29, 0.717) is 13.1 Å². The Balaban J connectivity index is 1.97. The summed E-state index contributed by atoms with van der Waals surface area (Å²) < 4.78 is 0. The van der Waals surface area contributed by atoms with E-state index in [9.17, 15) is 0 Å². The van der Waals surface area contributed by atoms with E-state index >= 15 is 0 Å². The lowest BCUT2D eigenvalue weighted by Crippen LogP contribution is -2.24. The largest absolute Gasteiger partial charge is 0.392 e. The van der Waals surface area contributed by atoms with Crippen molar-refractivity contribution in [3.63, 3.8) is 0 Å². The normalized spacial score (nSPS) is 12.6. The molecule has 0 spiro atoms. The molecule has 5 heteroatoms. The molecule has 0 bridgehead atoms. The summed E-state index contributed by atoms with van der Waals surface area (Å²) in [5, 5.41) is 20.7. The Morgan fingerprint density at radius 2 is 2.12 bits per heavy atom. The zero-order chi connectivity index (χ0) is 12.1. The molecule has 1 aromatic carbocycles. The van der Waals surface area contributed by atoms with Gasteiger partial charge in [-0.15, -0.1) is 0 Å². The molecule has 90 valence electrons. The van der Waals surface area contributed by atoms with Crippen LogP contribution in [-0.4, -0.2) is 32.7 Å². The second kappa shape index (κ2) is 5.56. The summed E-state index contributed by atoms with van der Waals surface area (Å²) in [6.07, 6.45) is 1.38. The highest BCUT2D eigenvalue weighted by Crippen LogP contribution is 2.03. The van der Waals surface area contributed by atoms with Gasteiger partial charge in [0.1, 0.15) is 0 Å². The van der Waals surface area contributed by atoms with Crippen LogP contribution in [0.2, 0.25) is 0 Å². The number of aliphatic hydroxyl groups is 1. The molecule has 2 aromatic rings. The number of rotatable bonds is 5. The quantitative estimate of drug-likeness (QED) is 0.798. The van der Waals surface area contributed by atoms with E-state index in [-0.39, 0.29) is 6.10 Å². The lowest BCUT2D eigenvalue weighted by molar-refractivity contribution is 0.191. The van der Waals surface area contributed by atoms with Gasteiger partial charge in [0.05, 0.1) is 23.7 Å². The Labute approximate surface area is 100 Å². The minimum Gasteiger partial charge on any atom is -0.392 e. The van der Waals surface area contributed by atoms with Gasteiger partial charge in [-0.1, -0.05) is 18.2 Å². The third kappa shape index (κ3) is 3.37. The summed E-state index contributed by atoms with van der Waals surface area (Å²) in [4.78, 5) is 1.60. The molecule has 0 aliphatic rings. The van der Waals surface area contributed by atoms with E-state index in [1.54, 1.807) is 17.9 Å². The number of benzene rings is 1. The van der Waals surface area contributed by atoms with Crippen LogP contribution in [0.15, 0.2) is 36.5 Å². The van der Waals surface area contributed by atoms with Crippen LogP contribution in [0.25, 0.3) is 5.69 Å². The van der Waals surface area contributed by atoms with Crippen LogP contribution in [0.3, 0.4) is 0 Å². The van der Waals surface area contributed by atoms with Crippen molar-refractivity contribution in [1.82, 2.24) is 20.3 Å². The molecule has 1 aromatic heterocycles. The molecule has 1 atom stereocenters. The second-order valence-electron chi connectivity index (χ2n) is 3.94. The van der Waals surface area contributed by atoms with Crippen LogP contribution in [-0.2, 0) is 6.54 Å². The molecule has 5 nitrogen and oxygen atoms in total. The lowest BCUT2D eigenvalue weighted by atomic mass is 10.3. The fraction of sp³-hybridized carbons (Fsp3) is 0.333. The first-order valence-electron chi connectivity index (χ1n) is 5.61. The van der Waals surface area contributed by atoms with Gasteiger partial charge in [-0.3, -0.25) is 0 Å². The van der Waals surface area contributed by atoms with Crippen LogP contribution in [0, 0.1) is 0 Å². The molecular formula is C12H16N4O. The van der Waals surface area contributed by atoms with Crippen LogP contribution >= 0.6 is 0 Å². The Morgan fingerprint density at radius 3 is 2.82 bits per heavy atom. The minimum absolute atomic E-state index is 0.348. The number of hydrogen-bond donors (Lipinski definition) is 2. The molecule has 0 aliphatic heterocycles. The number of nitrogens with one attached hydrogen (secondary N) is 1. The summed E-state index contributed by atoms with van der Waals surface area (Å²) in [6, 6.07) is 9.76. The molecular weight excluding hydrogens is 216 g/mol. The first-order chi connectivity index (χ1) is 8.25. The monoisotopic (exact) mass is 232 g/mol. The number of hydrogen-bond acceptors (Lipinski definition) is 4. The first-order valence-corrected chi connectivity index (χ1v) is 5.61. The van der Waals surface area contributed by atoms with Gasteiger partial charge in [0.2, 0.25) is 0 Å². The molecule has 0 amide bonds. The van der Waals surface area contributed by atoms with Gasteiger partial charge in [0.15, 0.2) is 0 Å². The highest BCUT2D eigenvalue weighted by molar-refractivity contribution is 5.28. The molecule has 0 radical (unpaired) electrons. The second-order valence-corrected chi connectivity index (χ2v) is 3.94. The van der Waals surface area contributed by atoms with E-state index in [4.69, 9.17) is 5.11 Å². The SMILES string of the molecule is CC(O)CNCc1cnn(-c2ccccc2)n1. The van der Waals surface area contributed by atoms with Crippen molar-refractivity contribution in [3.8, 4) is 5.69 Å². The number of aliphatic hydroxyl groups excluding tert-OH is 1. The maximum atomic E-state index is 9.11. The van der Waals surface area contributed by atoms with Gasteiger partial charge >= 0.3 is 0 Å². The van der Waals surface area contributed by atoms with Crippen LogP contribution < -0.4 is 5.32 Å². The summed E-state index contributed by atoms with van der Waals surface area (Å²) in [7, 11) is 0. The van der Waals surface area contributed by atoms with Gasteiger partial charge in [-0.05, 0) is 19.1 Å². The van der Waals surface area contributed by atoms with Crippen molar-refractivity contribution < 1.29 is 5.11 Å². The Kier molecular flexibility index (Phi) is 3.85. The minimum atomic E-state index is -0.348. The van der Waals surface area contributed by atoms with E-state index in [1.165, 1.54) is 0 Å². The Morgan fingerprint density at radius 1 is 1.35 bits per heavy atom. The zero-order valence-electron chi connectivity index (χ0n) is 9.74. The first kappa shape index (κ1) is 11.8. The van der Waals surface area contributed by atoms with Crippen molar-refractivity contribution in [2.24, 2.45) is 0 Å². The molecule has 2 N–H and O–H groups in total. The number of nitrogens with zero attached hydrogens (tertiary/aromatic N) is 3. The maximum Gasteiger partial charge on any atom is 0.0969 e. The van der Waals surface area contributed by atoms with Crippen molar-refractivity contribution in [2.45, 2.75) is 19.6 Å². The average molecular weight is 232 g/mol. The van der Waals surface area contributed by atoms with Crippen LogP contribution in [0.1, 0.15) is 12.6 Å². The molecule has 0 saturated carbocycles. The van der Waals surface area contributed by atoms with Crippen molar-refractivity contribution in [3.05, 3.63) is 42.2 Å². The summed E-state index contributed by atoms with van der Waals surface area (Å²) in [5.74, 6) is 0. The van der Waals surface area contributed by atoms with Crippen molar-refractivity contribution in [2.75, 3.05) is 6.54 Å². The van der Waals surface area contributed by atoms with E-state index in [0.717, 1.165) is 11.4 Å². The predicted octanol–water partition coefficient (Wildman–Crippen LogP) is 0.738. The fourth-order valence-electron chi connectivity index (χ4n) is 1.47. The number of para-hydroxylation sites is 1. The van der Waals surface area contributed by atoms with E-state index in [2.05, 4.69) is 15.5 Å². The Bertz CT molecular complexity index is 453. The maximum absolute atomic E-state index is 9.11. The topological polar surface area (TPSA) is 63.0 Å². The van der Waals surface area contributed by atoms with Gasteiger partial charge in [0, 0.05) is 13.1 Å². The Hall–Kier alpha value is -1.72. The smallest absolute Gasteiger partial charge is 0.0969 e. The highest BCUT2D eigenvalue weighted by atomic mass is 16.3. The molecule has 1 heterocycles. The van der Waals surface area contributed by atoms with E-state index < -0.39 is 0 Å². The van der Waals surface area contributed by atoms with Crippen LogP contribution in [0.5, 0.6) is 0 Å². The summed E-state index contributed by atoms with van der Waals surface area (Å²) in [5.41, 5.74) is 1.80. The predicted molar refractivity (Wildman–Crippen MR) is 64.7 cm³/mol. The molecule has 0 saturated heterocycles.